The number of hydrogen-bond acceptors (Lipinski definition) is 3. The Bertz CT molecular complexity index is 1000. The van der Waals surface area contributed by atoms with E-state index in [2.05, 4.69) is 20.4 Å². The first kappa shape index (κ1) is 21.5. The Morgan fingerprint density at radius 3 is 2.57 bits per heavy atom. The highest BCUT2D eigenvalue weighted by molar-refractivity contribution is 5.95. The maximum absolute atomic E-state index is 11.5. The van der Waals surface area contributed by atoms with Crippen molar-refractivity contribution < 1.29 is 9.90 Å². The van der Waals surface area contributed by atoms with Crippen molar-refractivity contribution in [3.8, 4) is 11.1 Å². The highest BCUT2D eigenvalue weighted by atomic mass is 16.4. The van der Waals surface area contributed by atoms with Gasteiger partial charge in [-0.2, -0.15) is 5.10 Å². The molecule has 0 amide bonds. The van der Waals surface area contributed by atoms with Crippen LogP contribution in [0, 0.1) is 5.92 Å². The summed E-state index contributed by atoms with van der Waals surface area (Å²) >= 11 is 0. The molecule has 0 atom stereocenters. The number of carboxylic acid groups (broad SMARTS) is 1. The van der Waals surface area contributed by atoms with Crippen molar-refractivity contribution >= 4 is 5.97 Å². The zero-order chi connectivity index (χ0) is 21.5. The minimum Gasteiger partial charge on any atom is -0.478 e. The van der Waals surface area contributed by atoms with E-state index >= 15 is 0 Å². The van der Waals surface area contributed by atoms with Crippen LogP contribution in [-0.4, -0.2) is 25.8 Å². The second-order valence-corrected chi connectivity index (χ2v) is 7.90. The van der Waals surface area contributed by atoms with Gasteiger partial charge >= 0.3 is 5.97 Å². The number of benzene rings is 2. The predicted molar refractivity (Wildman–Crippen MR) is 120 cm³/mol. The van der Waals surface area contributed by atoms with Crippen molar-refractivity contribution in [1.29, 1.82) is 0 Å². The Labute approximate surface area is 178 Å². The molecule has 0 saturated heterocycles. The van der Waals surface area contributed by atoms with Crippen LogP contribution in [-0.2, 0) is 19.4 Å². The van der Waals surface area contributed by atoms with Crippen LogP contribution in [0.5, 0.6) is 0 Å². The van der Waals surface area contributed by atoms with Crippen LogP contribution in [0.4, 0.5) is 0 Å². The van der Waals surface area contributed by atoms with E-state index in [0.717, 1.165) is 54.1 Å². The summed E-state index contributed by atoms with van der Waals surface area (Å²) < 4.78 is 1.99. The fourth-order valence-electron chi connectivity index (χ4n) is 3.38. The Hall–Kier alpha value is -3.21. The maximum Gasteiger partial charge on any atom is 0.336 e. The maximum atomic E-state index is 11.5. The smallest absolute Gasteiger partial charge is 0.336 e. The van der Waals surface area contributed by atoms with E-state index in [1.807, 2.05) is 47.2 Å². The van der Waals surface area contributed by atoms with Gasteiger partial charge in [-0.1, -0.05) is 62.4 Å². The highest BCUT2D eigenvalue weighted by Crippen LogP contribution is 2.24. The molecule has 0 aliphatic rings. The van der Waals surface area contributed by atoms with Gasteiger partial charge in [0, 0.05) is 19.4 Å². The van der Waals surface area contributed by atoms with E-state index in [1.54, 1.807) is 12.1 Å². The summed E-state index contributed by atoms with van der Waals surface area (Å²) in [6.07, 6.45) is 5.39. The summed E-state index contributed by atoms with van der Waals surface area (Å²) in [7, 11) is 0. The number of aromatic carboxylic acids is 1. The van der Waals surface area contributed by atoms with Crippen LogP contribution < -0.4 is 0 Å². The Morgan fingerprint density at radius 1 is 1.17 bits per heavy atom. The third-order valence-electron chi connectivity index (χ3n) is 5.07. The van der Waals surface area contributed by atoms with E-state index in [1.165, 1.54) is 0 Å². The number of rotatable bonds is 10. The van der Waals surface area contributed by atoms with Crippen LogP contribution >= 0.6 is 0 Å². The molecular weight excluding hydrogens is 374 g/mol. The number of aromatic nitrogens is 3. The zero-order valence-corrected chi connectivity index (χ0v) is 17.7. The monoisotopic (exact) mass is 403 g/mol. The van der Waals surface area contributed by atoms with Gasteiger partial charge in [-0.15, -0.1) is 6.58 Å². The van der Waals surface area contributed by atoms with Crippen molar-refractivity contribution in [2.75, 3.05) is 0 Å². The topological polar surface area (TPSA) is 68.0 Å². The standard InChI is InChI=1S/C25H29N3O2/c1-4-5-16-28-24(26-23(27-28)15-10-18(2)3)17-19-11-13-20(14-12-19)21-8-6-7-9-22(21)25(29)30/h4,6-9,11-14,18H,1,5,10,15-17H2,2-3H3,(H,29,30). The molecule has 1 N–H and O–H groups in total. The van der Waals surface area contributed by atoms with Gasteiger partial charge in [0.15, 0.2) is 5.82 Å². The van der Waals surface area contributed by atoms with Crippen molar-refractivity contribution in [1.82, 2.24) is 14.8 Å². The fraction of sp³-hybridized carbons (Fsp3) is 0.320. The van der Waals surface area contributed by atoms with Crippen LogP contribution in [0.3, 0.4) is 0 Å². The lowest BCUT2D eigenvalue weighted by Gasteiger charge is -2.08. The fourth-order valence-corrected chi connectivity index (χ4v) is 3.38. The number of aryl methyl sites for hydroxylation is 2. The lowest BCUT2D eigenvalue weighted by atomic mass is 9.98. The minimum atomic E-state index is -0.918. The predicted octanol–water partition coefficient (Wildman–Crippen LogP) is 5.40. The second kappa shape index (κ2) is 10.0. The molecule has 0 spiro atoms. The normalized spacial score (nSPS) is 11.0. The highest BCUT2D eigenvalue weighted by Gasteiger charge is 2.13. The third-order valence-corrected chi connectivity index (χ3v) is 5.07. The second-order valence-electron chi connectivity index (χ2n) is 7.90. The number of hydrogen-bond donors (Lipinski definition) is 1. The lowest BCUT2D eigenvalue weighted by molar-refractivity contribution is 0.0697. The molecule has 0 aliphatic carbocycles. The Kier molecular flexibility index (Phi) is 7.17. The van der Waals surface area contributed by atoms with E-state index in [9.17, 15) is 9.90 Å². The summed E-state index contributed by atoms with van der Waals surface area (Å²) in [5.41, 5.74) is 3.04. The van der Waals surface area contributed by atoms with Crippen molar-refractivity contribution in [3.05, 3.63) is 84.0 Å². The van der Waals surface area contributed by atoms with Crippen LogP contribution in [0.1, 0.15) is 54.3 Å². The molecule has 156 valence electrons. The van der Waals surface area contributed by atoms with Gasteiger partial charge in [-0.05, 0) is 41.5 Å². The molecule has 0 fully saturated rings. The van der Waals surface area contributed by atoms with Crippen LogP contribution in [0.15, 0.2) is 61.2 Å². The van der Waals surface area contributed by atoms with E-state index in [-0.39, 0.29) is 0 Å². The Balaban J connectivity index is 1.81. The number of allylic oxidation sites excluding steroid dienone is 1. The number of carboxylic acids is 1. The largest absolute Gasteiger partial charge is 0.478 e. The van der Waals surface area contributed by atoms with Crippen molar-refractivity contribution in [2.24, 2.45) is 5.92 Å². The summed E-state index contributed by atoms with van der Waals surface area (Å²) in [5, 5.41) is 14.1. The first-order valence-corrected chi connectivity index (χ1v) is 10.4. The van der Waals surface area contributed by atoms with Gasteiger partial charge in [0.2, 0.25) is 0 Å². The molecule has 1 heterocycles. The molecule has 0 radical (unpaired) electrons. The molecule has 1 aromatic heterocycles. The van der Waals surface area contributed by atoms with E-state index in [4.69, 9.17) is 10.1 Å². The molecule has 5 heteroatoms. The molecule has 30 heavy (non-hydrogen) atoms. The molecule has 0 saturated carbocycles. The average Bonchev–Trinajstić information content (AvgIpc) is 3.12. The summed E-state index contributed by atoms with van der Waals surface area (Å²) in [6.45, 7) is 9.00. The minimum absolute atomic E-state index is 0.309. The lowest BCUT2D eigenvalue weighted by Crippen LogP contribution is -2.06. The first-order valence-electron chi connectivity index (χ1n) is 10.4. The van der Waals surface area contributed by atoms with Gasteiger partial charge in [-0.25, -0.2) is 14.5 Å². The third kappa shape index (κ3) is 5.44. The molecular formula is C25H29N3O2. The van der Waals surface area contributed by atoms with Crippen molar-refractivity contribution in [3.63, 3.8) is 0 Å². The zero-order valence-electron chi connectivity index (χ0n) is 17.7. The quantitative estimate of drug-likeness (QED) is 0.460. The van der Waals surface area contributed by atoms with Crippen LogP contribution in [0.2, 0.25) is 0 Å². The summed E-state index contributed by atoms with van der Waals surface area (Å²) in [5.74, 6) is 1.55. The van der Waals surface area contributed by atoms with Crippen molar-refractivity contribution in [2.45, 2.75) is 46.1 Å². The molecule has 0 bridgehead atoms. The summed E-state index contributed by atoms with van der Waals surface area (Å²) in [6, 6.07) is 15.1. The van der Waals surface area contributed by atoms with Gasteiger partial charge in [0.05, 0.1) is 5.56 Å². The van der Waals surface area contributed by atoms with Crippen LogP contribution in [0.25, 0.3) is 11.1 Å². The van der Waals surface area contributed by atoms with Gasteiger partial charge in [0.1, 0.15) is 5.82 Å². The molecule has 3 rings (SSSR count). The first-order chi connectivity index (χ1) is 14.5. The molecule has 3 aromatic rings. The molecule has 0 unspecified atom stereocenters. The average molecular weight is 404 g/mol. The summed E-state index contributed by atoms with van der Waals surface area (Å²) in [4.78, 5) is 16.3. The molecule has 5 nitrogen and oxygen atoms in total. The molecule has 0 aliphatic heterocycles. The molecule has 2 aromatic carbocycles. The number of carbonyl (C=O) groups is 1. The van der Waals surface area contributed by atoms with E-state index < -0.39 is 5.97 Å². The SMILES string of the molecule is C=CCCn1nc(CCC(C)C)nc1Cc1ccc(-c2ccccc2C(=O)O)cc1. The Morgan fingerprint density at radius 2 is 1.90 bits per heavy atom. The number of nitrogens with zero attached hydrogens (tertiary/aromatic N) is 3. The van der Waals surface area contributed by atoms with Gasteiger partial charge < -0.3 is 5.11 Å². The van der Waals surface area contributed by atoms with Gasteiger partial charge in [-0.3, -0.25) is 0 Å². The van der Waals surface area contributed by atoms with E-state index in [0.29, 0.717) is 17.9 Å². The van der Waals surface area contributed by atoms with Gasteiger partial charge in [0.25, 0.3) is 0 Å².